The number of carbonyl (C=O) groups excluding carboxylic acids is 1. The van der Waals surface area contributed by atoms with Crippen molar-refractivity contribution in [3.8, 4) is 0 Å². The van der Waals surface area contributed by atoms with Crippen LogP contribution in [0.3, 0.4) is 0 Å². The fraction of sp³-hybridized carbons (Fsp3) is 0.667. The summed E-state index contributed by atoms with van der Waals surface area (Å²) in [7, 11) is 0. The van der Waals surface area contributed by atoms with Crippen LogP contribution >= 0.6 is 0 Å². The van der Waals surface area contributed by atoms with Crippen LogP contribution in [0.5, 0.6) is 0 Å². The number of hydrogen-bond acceptors (Lipinski definition) is 4. The summed E-state index contributed by atoms with van der Waals surface area (Å²) in [5, 5.41) is 7.11. The van der Waals surface area contributed by atoms with Gasteiger partial charge >= 0.3 is 0 Å². The van der Waals surface area contributed by atoms with E-state index in [1.807, 2.05) is 11.8 Å². The Morgan fingerprint density at radius 1 is 1.52 bits per heavy atom. The first kappa shape index (κ1) is 14.3. The third-order valence-electron chi connectivity index (χ3n) is 4.17. The van der Waals surface area contributed by atoms with Crippen molar-refractivity contribution >= 4 is 5.91 Å². The van der Waals surface area contributed by atoms with Crippen LogP contribution < -0.4 is 0 Å². The summed E-state index contributed by atoms with van der Waals surface area (Å²) in [6, 6.07) is 0. The van der Waals surface area contributed by atoms with E-state index in [4.69, 9.17) is 4.74 Å². The van der Waals surface area contributed by atoms with Crippen molar-refractivity contribution < 1.29 is 9.53 Å². The number of allylic oxidation sites excluding steroid dienone is 2. The van der Waals surface area contributed by atoms with Gasteiger partial charge in [0.2, 0.25) is 5.91 Å². The summed E-state index contributed by atoms with van der Waals surface area (Å²) in [5.41, 5.74) is 0. The van der Waals surface area contributed by atoms with Gasteiger partial charge in [0.25, 0.3) is 0 Å². The maximum atomic E-state index is 12.6. The largest absolute Gasteiger partial charge is 0.366 e. The molecule has 2 heterocycles. The van der Waals surface area contributed by atoms with Gasteiger partial charge in [-0.2, -0.15) is 5.10 Å². The average Bonchev–Trinajstić information content (AvgIpc) is 3.04. The quantitative estimate of drug-likeness (QED) is 0.859. The molecule has 0 radical (unpaired) electrons. The SMILES string of the molecule is CCc1nc(C2CN(C(=O)C3CC=CCC3)CCO2)n[nH]1. The maximum Gasteiger partial charge on any atom is 0.226 e. The Hall–Kier alpha value is -1.69. The number of aromatic amines is 1. The summed E-state index contributed by atoms with van der Waals surface area (Å²) >= 11 is 0. The number of nitrogens with zero attached hydrogens (tertiary/aromatic N) is 3. The highest BCUT2D eigenvalue weighted by Gasteiger charge is 2.31. The second-order valence-electron chi connectivity index (χ2n) is 5.62. The van der Waals surface area contributed by atoms with Crippen molar-refractivity contribution in [1.82, 2.24) is 20.1 Å². The van der Waals surface area contributed by atoms with Gasteiger partial charge in [0.05, 0.1) is 13.2 Å². The van der Waals surface area contributed by atoms with Crippen LogP contribution in [0.4, 0.5) is 0 Å². The molecule has 1 aromatic heterocycles. The molecule has 1 fully saturated rings. The molecule has 1 aliphatic carbocycles. The Morgan fingerprint density at radius 2 is 2.43 bits per heavy atom. The van der Waals surface area contributed by atoms with Crippen LogP contribution in [0, 0.1) is 5.92 Å². The van der Waals surface area contributed by atoms with Gasteiger partial charge in [-0.1, -0.05) is 19.1 Å². The standard InChI is InChI=1S/C15H22N4O2/c1-2-13-16-14(18-17-13)12-10-19(8-9-21-12)15(20)11-6-4-3-5-7-11/h3-4,11-12H,2,5-10H2,1H3,(H,16,17,18). The van der Waals surface area contributed by atoms with Gasteiger partial charge in [0.15, 0.2) is 5.82 Å². The van der Waals surface area contributed by atoms with E-state index in [0.29, 0.717) is 25.5 Å². The molecule has 0 bridgehead atoms. The number of rotatable bonds is 3. The lowest BCUT2D eigenvalue weighted by molar-refractivity contribution is -0.143. The van der Waals surface area contributed by atoms with Crippen LogP contribution in [-0.4, -0.2) is 45.7 Å². The van der Waals surface area contributed by atoms with E-state index in [9.17, 15) is 4.79 Å². The summed E-state index contributed by atoms with van der Waals surface area (Å²) < 4.78 is 5.74. The van der Waals surface area contributed by atoms with E-state index in [1.54, 1.807) is 0 Å². The van der Waals surface area contributed by atoms with Crippen molar-refractivity contribution in [3.05, 3.63) is 23.8 Å². The molecule has 3 rings (SSSR count). The van der Waals surface area contributed by atoms with E-state index >= 15 is 0 Å². The Balaban J connectivity index is 1.64. The highest BCUT2D eigenvalue weighted by molar-refractivity contribution is 5.79. The van der Waals surface area contributed by atoms with Gasteiger partial charge in [0, 0.05) is 18.9 Å². The second kappa shape index (κ2) is 6.39. The van der Waals surface area contributed by atoms with Gasteiger partial charge in [-0.05, 0) is 19.3 Å². The zero-order valence-electron chi connectivity index (χ0n) is 12.4. The molecule has 1 aliphatic heterocycles. The molecule has 1 amide bonds. The van der Waals surface area contributed by atoms with Crippen molar-refractivity contribution in [2.24, 2.45) is 5.92 Å². The molecule has 21 heavy (non-hydrogen) atoms. The molecule has 6 heteroatoms. The Morgan fingerprint density at radius 3 is 3.14 bits per heavy atom. The zero-order valence-corrected chi connectivity index (χ0v) is 12.4. The average molecular weight is 290 g/mol. The molecular formula is C15H22N4O2. The van der Waals surface area contributed by atoms with Gasteiger partial charge < -0.3 is 9.64 Å². The van der Waals surface area contributed by atoms with Crippen LogP contribution in [0.2, 0.25) is 0 Å². The van der Waals surface area contributed by atoms with Gasteiger partial charge in [-0.25, -0.2) is 4.98 Å². The minimum absolute atomic E-state index is 0.132. The highest BCUT2D eigenvalue weighted by atomic mass is 16.5. The Labute approximate surface area is 124 Å². The third kappa shape index (κ3) is 3.15. The van der Waals surface area contributed by atoms with Crippen LogP contribution in [0.1, 0.15) is 43.9 Å². The normalized spacial score (nSPS) is 26.0. The first-order valence-electron chi connectivity index (χ1n) is 7.74. The molecule has 2 aliphatic rings. The van der Waals surface area contributed by atoms with Crippen molar-refractivity contribution in [1.29, 1.82) is 0 Å². The predicted octanol–water partition coefficient (Wildman–Crippen LogP) is 1.62. The molecule has 0 aromatic carbocycles. The Kier molecular flexibility index (Phi) is 4.34. The van der Waals surface area contributed by atoms with Crippen molar-refractivity contribution in [2.75, 3.05) is 19.7 Å². The fourth-order valence-electron chi connectivity index (χ4n) is 2.89. The number of amides is 1. The van der Waals surface area contributed by atoms with Gasteiger partial charge in [-0.3, -0.25) is 9.89 Å². The molecule has 2 unspecified atom stereocenters. The third-order valence-corrected chi connectivity index (χ3v) is 4.17. The van der Waals surface area contributed by atoms with Crippen molar-refractivity contribution in [3.63, 3.8) is 0 Å². The summed E-state index contributed by atoms with van der Waals surface area (Å²) in [5.74, 6) is 1.90. The highest BCUT2D eigenvalue weighted by Crippen LogP contribution is 2.25. The van der Waals surface area contributed by atoms with E-state index in [0.717, 1.165) is 31.5 Å². The molecule has 0 spiro atoms. The maximum absolute atomic E-state index is 12.6. The topological polar surface area (TPSA) is 71.1 Å². The summed E-state index contributed by atoms with van der Waals surface area (Å²) in [6.45, 7) is 3.80. The molecular weight excluding hydrogens is 268 g/mol. The molecule has 0 saturated carbocycles. The number of aryl methyl sites for hydroxylation is 1. The lowest BCUT2D eigenvalue weighted by Crippen LogP contribution is -2.45. The zero-order chi connectivity index (χ0) is 14.7. The van der Waals surface area contributed by atoms with Crippen molar-refractivity contribution in [2.45, 2.75) is 38.7 Å². The molecule has 6 nitrogen and oxygen atoms in total. The smallest absolute Gasteiger partial charge is 0.226 e. The first-order valence-corrected chi connectivity index (χ1v) is 7.74. The van der Waals surface area contributed by atoms with Gasteiger partial charge in [0.1, 0.15) is 11.9 Å². The Bertz CT molecular complexity index is 525. The van der Waals surface area contributed by atoms with Crippen LogP contribution in [-0.2, 0) is 16.0 Å². The van der Waals surface area contributed by atoms with Crippen LogP contribution in [0.25, 0.3) is 0 Å². The summed E-state index contributed by atoms with van der Waals surface area (Å²) in [4.78, 5) is 18.9. The van der Waals surface area contributed by atoms with E-state index in [1.165, 1.54) is 0 Å². The monoisotopic (exact) mass is 290 g/mol. The number of H-pyrrole nitrogens is 1. The lowest BCUT2D eigenvalue weighted by atomic mass is 9.93. The fourth-order valence-corrected chi connectivity index (χ4v) is 2.89. The number of ether oxygens (including phenoxy) is 1. The first-order chi connectivity index (χ1) is 10.3. The lowest BCUT2D eigenvalue weighted by Gasteiger charge is -2.34. The predicted molar refractivity (Wildman–Crippen MR) is 77.5 cm³/mol. The molecule has 2 atom stereocenters. The number of aromatic nitrogens is 3. The van der Waals surface area contributed by atoms with Crippen LogP contribution in [0.15, 0.2) is 12.2 Å². The molecule has 1 N–H and O–H groups in total. The number of carbonyl (C=O) groups is 1. The van der Waals surface area contributed by atoms with E-state index in [2.05, 4.69) is 27.3 Å². The number of nitrogens with one attached hydrogen (secondary N) is 1. The second-order valence-corrected chi connectivity index (χ2v) is 5.62. The van der Waals surface area contributed by atoms with Gasteiger partial charge in [-0.15, -0.1) is 0 Å². The minimum atomic E-state index is -0.210. The minimum Gasteiger partial charge on any atom is -0.366 e. The van der Waals surface area contributed by atoms with E-state index < -0.39 is 0 Å². The van der Waals surface area contributed by atoms with E-state index in [-0.39, 0.29) is 17.9 Å². The molecule has 1 aromatic rings. The number of morpholine rings is 1. The summed E-state index contributed by atoms with van der Waals surface area (Å²) in [6.07, 6.45) is 7.71. The number of hydrogen-bond donors (Lipinski definition) is 1. The molecule has 114 valence electrons. The molecule has 1 saturated heterocycles.